The molecule has 2 aliphatic rings. The molecule has 1 aromatic carbocycles. The summed E-state index contributed by atoms with van der Waals surface area (Å²) in [5.74, 6) is 0.976. The molecule has 2 fully saturated rings. The van der Waals surface area contributed by atoms with Crippen LogP contribution in [0.3, 0.4) is 0 Å². The van der Waals surface area contributed by atoms with Crippen molar-refractivity contribution in [3.8, 4) is 5.75 Å². The number of anilines is 1. The van der Waals surface area contributed by atoms with Crippen LogP contribution < -0.4 is 15.4 Å². The van der Waals surface area contributed by atoms with Crippen LogP contribution in [0.4, 0.5) is 10.1 Å². The van der Waals surface area contributed by atoms with Crippen molar-refractivity contribution >= 4 is 5.69 Å². The van der Waals surface area contributed by atoms with E-state index in [2.05, 4.69) is 0 Å². The Kier molecular flexibility index (Phi) is 4.60. The topological polar surface area (TPSA) is 47.7 Å². The number of rotatable bonds is 6. The third-order valence-electron chi connectivity index (χ3n) is 4.16. The molecule has 3 rings (SSSR count). The molecule has 4 nitrogen and oxygen atoms in total. The van der Waals surface area contributed by atoms with Gasteiger partial charge in [0.25, 0.3) is 0 Å². The van der Waals surface area contributed by atoms with Crippen LogP contribution in [0, 0.1) is 11.7 Å². The van der Waals surface area contributed by atoms with Crippen molar-refractivity contribution in [2.45, 2.75) is 31.7 Å². The maximum Gasteiger partial charge on any atom is 0.189 e. The molecule has 1 aliphatic carbocycles. The van der Waals surface area contributed by atoms with E-state index in [1.807, 2.05) is 4.90 Å². The first kappa shape index (κ1) is 14.6. The summed E-state index contributed by atoms with van der Waals surface area (Å²) < 4.78 is 25.0. The number of piperidine rings is 1. The fourth-order valence-electron chi connectivity index (χ4n) is 2.58. The molecular formula is C16H23FN2O2. The number of nitrogens with two attached hydrogens (primary N) is 1. The van der Waals surface area contributed by atoms with Gasteiger partial charge in [-0.25, -0.2) is 4.39 Å². The summed E-state index contributed by atoms with van der Waals surface area (Å²) in [6, 6.07) is 5.26. The van der Waals surface area contributed by atoms with Crippen molar-refractivity contribution in [1.82, 2.24) is 0 Å². The first-order valence-electron chi connectivity index (χ1n) is 7.73. The van der Waals surface area contributed by atoms with Gasteiger partial charge in [-0.15, -0.1) is 0 Å². The van der Waals surface area contributed by atoms with E-state index < -0.39 is 0 Å². The quantitative estimate of drug-likeness (QED) is 0.647. The highest BCUT2D eigenvalue weighted by Gasteiger charge is 2.21. The van der Waals surface area contributed by atoms with E-state index in [1.165, 1.54) is 18.9 Å². The minimum absolute atomic E-state index is 0.188. The average Bonchev–Trinajstić information content (AvgIpc) is 3.29. The molecular weight excluding hydrogens is 271 g/mol. The van der Waals surface area contributed by atoms with Gasteiger partial charge in [-0.3, -0.25) is 0 Å². The summed E-state index contributed by atoms with van der Waals surface area (Å²) >= 11 is 0. The maximum absolute atomic E-state index is 14.2. The summed E-state index contributed by atoms with van der Waals surface area (Å²) in [6.45, 7) is 2.55. The minimum atomic E-state index is -0.245. The lowest BCUT2D eigenvalue weighted by Gasteiger charge is -2.32. The van der Waals surface area contributed by atoms with Crippen molar-refractivity contribution in [1.29, 1.82) is 0 Å². The Bertz CT molecular complexity index is 471. The Labute approximate surface area is 125 Å². The Morgan fingerprint density at radius 2 is 1.95 bits per heavy atom. The van der Waals surface area contributed by atoms with E-state index in [1.54, 1.807) is 12.1 Å². The van der Waals surface area contributed by atoms with Crippen molar-refractivity contribution in [2.75, 3.05) is 31.4 Å². The predicted octanol–water partition coefficient (Wildman–Crippen LogP) is 2.52. The lowest BCUT2D eigenvalue weighted by Crippen LogP contribution is -2.40. The van der Waals surface area contributed by atoms with Crippen LogP contribution >= 0.6 is 0 Å². The van der Waals surface area contributed by atoms with E-state index in [0.29, 0.717) is 17.4 Å². The van der Waals surface area contributed by atoms with Crippen molar-refractivity contribution < 1.29 is 13.9 Å². The predicted molar refractivity (Wildman–Crippen MR) is 80.0 cm³/mol. The highest BCUT2D eigenvalue weighted by molar-refractivity contribution is 5.51. The van der Waals surface area contributed by atoms with Gasteiger partial charge in [0.1, 0.15) is 11.6 Å². The first-order chi connectivity index (χ1) is 10.2. The largest absolute Gasteiger partial charge is 0.467 e. The van der Waals surface area contributed by atoms with Gasteiger partial charge in [-0.05, 0) is 43.7 Å². The maximum atomic E-state index is 14.2. The normalized spacial score (nSPS) is 19.8. The van der Waals surface area contributed by atoms with Crippen LogP contribution in [0.1, 0.15) is 25.7 Å². The Morgan fingerprint density at radius 3 is 2.62 bits per heavy atom. The fraction of sp³-hybridized carbons (Fsp3) is 0.625. The lowest BCUT2D eigenvalue weighted by atomic mass is 10.1. The Balaban J connectivity index is 1.51. The van der Waals surface area contributed by atoms with Gasteiger partial charge >= 0.3 is 0 Å². The smallest absolute Gasteiger partial charge is 0.189 e. The zero-order valence-corrected chi connectivity index (χ0v) is 12.3. The zero-order valence-electron chi connectivity index (χ0n) is 12.3. The zero-order chi connectivity index (χ0) is 14.7. The molecule has 0 atom stereocenters. The summed E-state index contributed by atoms with van der Waals surface area (Å²) in [7, 11) is 0. The van der Waals surface area contributed by atoms with Gasteiger partial charge < -0.3 is 20.1 Å². The van der Waals surface area contributed by atoms with Crippen molar-refractivity contribution in [2.24, 2.45) is 11.7 Å². The fourth-order valence-corrected chi connectivity index (χ4v) is 2.58. The molecule has 0 unspecified atom stereocenters. The third-order valence-corrected chi connectivity index (χ3v) is 4.16. The van der Waals surface area contributed by atoms with Crippen LogP contribution in [0.2, 0.25) is 0 Å². The van der Waals surface area contributed by atoms with Gasteiger partial charge in [-0.1, -0.05) is 0 Å². The molecule has 21 heavy (non-hydrogen) atoms. The Morgan fingerprint density at radius 1 is 1.19 bits per heavy atom. The molecule has 1 aliphatic heterocycles. The number of nitrogens with zero attached hydrogens (tertiary/aromatic N) is 1. The van der Waals surface area contributed by atoms with Crippen LogP contribution in [-0.4, -0.2) is 32.5 Å². The first-order valence-corrected chi connectivity index (χ1v) is 7.73. The minimum Gasteiger partial charge on any atom is -0.467 e. The molecule has 0 radical (unpaired) electrons. The highest BCUT2D eigenvalue weighted by atomic mass is 19.1. The van der Waals surface area contributed by atoms with E-state index in [4.69, 9.17) is 15.2 Å². The van der Waals surface area contributed by atoms with Crippen LogP contribution in [0.5, 0.6) is 5.75 Å². The lowest BCUT2D eigenvalue weighted by molar-refractivity contribution is 0.00984. The van der Waals surface area contributed by atoms with Crippen molar-refractivity contribution in [3.63, 3.8) is 0 Å². The van der Waals surface area contributed by atoms with Gasteiger partial charge in [-0.2, -0.15) is 0 Å². The van der Waals surface area contributed by atoms with Crippen molar-refractivity contribution in [3.05, 3.63) is 24.0 Å². The van der Waals surface area contributed by atoms with Crippen LogP contribution in [0.25, 0.3) is 0 Å². The SMILES string of the molecule is NC1CCN(c2ccc(OCOCC3CC3)cc2F)CC1. The second kappa shape index (κ2) is 6.62. The standard InChI is InChI=1S/C16H23FN2O2/c17-15-9-14(21-11-20-10-12-1-2-12)3-4-16(15)19-7-5-13(18)6-8-19/h3-4,9,12-13H,1-2,5-8,10-11,18H2. The van der Waals surface area contributed by atoms with Gasteiger partial charge in [0.2, 0.25) is 0 Å². The third kappa shape index (κ3) is 4.08. The number of ether oxygens (including phenoxy) is 2. The molecule has 2 N–H and O–H groups in total. The monoisotopic (exact) mass is 294 g/mol. The number of halogens is 1. The molecule has 1 saturated heterocycles. The highest BCUT2D eigenvalue weighted by Crippen LogP contribution is 2.29. The molecule has 0 spiro atoms. The van der Waals surface area contributed by atoms with E-state index in [-0.39, 0.29) is 18.7 Å². The van der Waals surface area contributed by atoms with E-state index in [0.717, 1.165) is 32.5 Å². The number of benzene rings is 1. The van der Waals surface area contributed by atoms with E-state index in [9.17, 15) is 4.39 Å². The summed E-state index contributed by atoms with van der Waals surface area (Å²) in [5.41, 5.74) is 6.51. The molecule has 0 bridgehead atoms. The van der Waals surface area contributed by atoms with Gasteiger partial charge in [0.15, 0.2) is 6.79 Å². The molecule has 1 heterocycles. The van der Waals surface area contributed by atoms with Gasteiger partial charge in [0.05, 0.1) is 12.3 Å². The molecule has 5 heteroatoms. The summed E-state index contributed by atoms with van der Waals surface area (Å²) in [4.78, 5) is 2.05. The second-order valence-corrected chi connectivity index (χ2v) is 6.01. The molecule has 1 aromatic rings. The molecule has 0 amide bonds. The Hall–Kier alpha value is -1.33. The number of hydrogen-bond donors (Lipinski definition) is 1. The summed E-state index contributed by atoms with van der Waals surface area (Å²) in [6.07, 6.45) is 4.32. The molecule has 0 aromatic heterocycles. The average molecular weight is 294 g/mol. The molecule has 1 saturated carbocycles. The second-order valence-electron chi connectivity index (χ2n) is 6.01. The summed E-state index contributed by atoms with van der Waals surface area (Å²) in [5, 5.41) is 0. The molecule has 116 valence electrons. The van der Waals surface area contributed by atoms with Crippen LogP contribution in [0.15, 0.2) is 18.2 Å². The number of hydrogen-bond acceptors (Lipinski definition) is 4. The van der Waals surface area contributed by atoms with Crippen LogP contribution in [-0.2, 0) is 4.74 Å². The van der Waals surface area contributed by atoms with Gasteiger partial charge in [0, 0.05) is 25.2 Å². The van der Waals surface area contributed by atoms with E-state index >= 15 is 0 Å².